The van der Waals surface area contributed by atoms with E-state index in [1.54, 1.807) is 42.1 Å². The predicted octanol–water partition coefficient (Wildman–Crippen LogP) is 2.20. The minimum absolute atomic E-state index is 0.120. The van der Waals surface area contributed by atoms with Gasteiger partial charge in [0.2, 0.25) is 0 Å². The summed E-state index contributed by atoms with van der Waals surface area (Å²) >= 11 is 0. The highest BCUT2D eigenvalue weighted by Gasteiger charge is 2.19. The van der Waals surface area contributed by atoms with Crippen LogP contribution in [0.1, 0.15) is 11.3 Å². The van der Waals surface area contributed by atoms with Gasteiger partial charge in [-0.15, -0.1) is 0 Å². The number of fused-ring (bicyclic) bond motifs is 2. The van der Waals surface area contributed by atoms with Gasteiger partial charge in [-0.05, 0) is 25.1 Å². The van der Waals surface area contributed by atoms with Crippen molar-refractivity contribution >= 4 is 28.0 Å². The summed E-state index contributed by atoms with van der Waals surface area (Å²) in [5, 5.41) is 5.25. The Morgan fingerprint density at radius 2 is 1.97 bits per heavy atom. The quantitative estimate of drug-likeness (QED) is 0.473. The Kier molecular flexibility index (Phi) is 3.98. The van der Waals surface area contributed by atoms with Crippen LogP contribution in [-0.2, 0) is 6.54 Å². The van der Waals surface area contributed by atoms with E-state index in [2.05, 4.69) is 30.0 Å². The number of nitrogen functional groups attached to an aromatic ring is 1. The number of anilines is 1. The van der Waals surface area contributed by atoms with Crippen molar-refractivity contribution in [1.29, 1.82) is 0 Å². The van der Waals surface area contributed by atoms with Gasteiger partial charge in [-0.3, -0.25) is 4.79 Å². The van der Waals surface area contributed by atoms with Crippen LogP contribution in [0.3, 0.4) is 0 Å². The van der Waals surface area contributed by atoms with Gasteiger partial charge in [-0.25, -0.2) is 29.0 Å². The molecule has 0 aliphatic carbocycles. The maximum atomic E-state index is 14.2. The summed E-state index contributed by atoms with van der Waals surface area (Å²) in [5.74, 6) is 0.00507. The standard InChI is InChI=1S/C20H15FN8O/c1-10-20(30)27-18-15(24-10)16(22)25-17(26-18)14-12-6-4-8-23-19(12)29(28-14)9-11-5-2-3-7-13(11)21/h2-8H,9H2,1H3,(H3,22,25,26,27,30). The number of nitrogens with zero attached hydrogens (tertiary/aromatic N) is 6. The molecular formula is C20H15FN8O. The van der Waals surface area contributed by atoms with Crippen molar-refractivity contribution < 1.29 is 4.39 Å². The summed E-state index contributed by atoms with van der Waals surface area (Å²) < 4.78 is 15.7. The van der Waals surface area contributed by atoms with E-state index in [-0.39, 0.29) is 40.9 Å². The minimum Gasteiger partial charge on any atom is -0.382 e. The molecule has 0 unspecified atom stereocenters. The van der Waals surface area contributed by atoms with Gasteiger partial charge in [0, 0.05) is 11.8 Å². The number of hydrogen-bond donors (Lipinski definition) is 2. The zero-order valence-corrected chi connectivity index (χ0v) is 15.8. The van der Waals surface area contributed by atoms with Crippen LogP contribution < -0.4 is 11.3 Å². The molecule has 5 aromatic rings. The number of pyridine rings is 1. The number of hydrogen-bond acceptors (Lipinski definition) is 7. The van der Waals surface area contributed by atoms with E-state index in [1.165, 1.54) is 6.07 Å². The summed E-state index contributed by atoms with van der Waals surface area (Å²) in [4.78, 5) is 31.9. The number of halogens is 1. The smallest absolute Gasteiger partial charge is 0.270 e. The second kappa shape index (κ2) is 6.69. The molecule has 4 aromatic heterocycles. The molecule has 30 heavy (non-hydrogen) atoms. The first-order chi connectivity index (χ1) is 14.5. The van der Waals surface area contributed by atoms with Crippen LogP contribution in [0.25, 0.3) is 33.7 Å². The number of aromatic amines is 1. The maximum absolute atomic E-state index is 14.2. The molecule has 10 heteroatoms. The van der Waals surface area contributed by atoms with Crippen molar-refractivity contribution in [2.75, 3.05) is 5.73 Å². The van der Waals surface area contributed by atoms with Crippen LogP contribution in [0.15, 0.2) is 47.4 Å². The fourth-order valence-electron chi connectivity index (χ4n) is 3.26. The van der Waals surface area contributed by atoms with Crippen LogP contribution in [-0.4, -0.2) is 34.7 Å². The summed E-state index contributed by atoms with van der Waals surface area (Å²) in [6, 6.07) is 10.1. The molecule has 9 nitrogen and oxygen atoms in total. The van der Waals surface area contributed by atoms with Crippen molar-refractivity contribution in [3.63, 3.8) is 0 Å². The zero-order chi connectivity index (χ0) is 20.8. The van der Waals surface area contributed by atoms with Crippen LogP contribution in [0, 0.1) is 12.7 Å². The van der Waals surface area contributed by atoms with Crippen molar-refractivity contribution in [3.05, 3.63) is 70.0 Å². The number of H-pyrrole nitrogens is 1. The Morgan fingerprint density at radius 3 is 2.80 bits per heavy atom. The Hall–Kier alpha value is -4.21. The lowest BCUT2D eigenvalue weighted by molar-refractivity contribution is 0.589. The first-order valence-electron chi connectivity index (χ1n) is 9.10. The third-order valence-electron chi connectivity index (χ3n) is 4.75. The van der Waals surface area contributed by atoms with E-state index < -0.39 is 0 Å². The van der Waals surface area contributed by atoms with Gasteiger partial charge in [0.1, 0.15) is 22.7 Å². The molecule has 3 N–H and O–H groups in total. The molecule has 0 aliphatic rings. The third kappa shape index (κ3) is 2.85. The highest BCUT2D eigenvalue weighted by atomic mass is 19.1. The average Bonchev–Trinajstić information content (AvgIpc) is 3.10. The lowest BCUT2D eigenvalue weighted by Crippen LogP contribution is -2.14. The third-order valence-corrected chi connectivity index (χ3v) is 4.75. The molecular weight excluding hydrogens is 387 g/mol. The van der Waals surface area contributed by atoms with Gasteiger partial charge < -0.3 is 10.7 Å². The van der Waals surface area contributed by atoms with Gasteiger partial charge in [-0.2, -0.15) is 5.10 Å². The fraction of sp³-hybridized carbons (Fsp3) is 0.100. The van der Waals surface area contributed by atoms with Crippen LogP contribution in [0.2, 0.25) is 0 Å². The monoisotopic (exact) mass is 402 g/mol. The van der Waals surface area contributed by atoms with E-state index in [4.69, 9.17) is 5.73 Å². The van der Waals surface area contributed by atoms with Crippen molar-refractivity contribution in [1.82, 2.24) is 34.7 Å². The van der Waals surface area contributed by atoms with Gasteiger partial charge in [-0.1, -0.05) is 18.2 Å². The van der Waals surface area contributed by atoms with Gasteiger partial charge in [0.15, 0.2) is 22.9 Å². The topological polar surface area (TPSA) is 128 Å². The number of rotatable bonds is 3. The second-order valence-corrected chi connectivity index (χ2v) is 6.75. The van der Waals surface area contributed by atoms with Gasteiger partial charge >= 0.3 is 0 Å². The van der Waals surface area contributed by atoms with E-state index in [0.717, 1.165) is 0 Å². The lowest BCUT2D eigenvalue weighted by atomic mass is 10.2. The second-order valence-electron chi connectivity index (χ2n) is 6.75. The van der Waals surface area contributed by atoms with Crippen molar-refractivity contribution in [2.45, 2.75) is 13.5 Å². The van der Waals surface area contributed by atoms with Crippen molar-refractivity contribution in [2.24, 2.45) is 0 Å². The predicted molar refractivity (Wildman–Crippen MR) is 109 cm³/mol. The van der Waals surface area contributed by atoms with Gasteiger partial charge in [0.05, 0.1) is 11.9 Å². The van der Waals surface area contributed by atoms with E-state index >= 15 is 0 Å². The lowest BCUT2D eigenvalue weighted by Gasteiger charge is -2.05. The number of aryl methyl sites for hydroxylation is 1. The first kappa shape index (κ1) is 17.9. The molecule has 0 saturated heterocycles. The van der Waals surface area contributed by atoms with E-state index in [1.807, 2.05) is 6.07 Å². The molecule has 5 rings (SSSR count). The Labute approximate surface area is 168 Å². The molecule has 1 aromatic carbocycles. The fourth-order valence-corrected chi connectivity index (χ4v) is 3.26. The molecule has 0 amide bonds. The summed E-state index contributed by atoms with van der Waals surface area (Å²) in [5.41, 5.74) is 7.96. The van der Waals surface area contributed by atoms with Crippen LogP contribution in [0.4, 0.5) is 10.2 Å². The van der Waals surface area contributed by atoms with E-state index in [9.17, 15) is 9.18 Å². The summed E-state index contributed by atoms with van der Waals surface area (Å²) in [6.07, 6.45) is 1.63. The summed E-state index contributed by atoms with van der Waals surface area (Å²) in [7, 11) is 0. The molecule has 0 radical (unpaired) electrons. The Bertz CT molecular complexity index is 1490. The zero-order valence-electron chi connectivity index (χ0n) is 15.8. The Balaban J connectivity index is 1.71. The maximum Gasteiger partial charge on any atom is 0.270 e. The molecule has 0 spiro atoms. The number of benzene rings is 1. The highest BCUT2D eigenvalue weighted by molar-refractivity contribution is 5.91. The summed E-state index contributed by atoms with van der Waals surface area (Å²) in [6.45, 7) is 1.76. The minimum atomic E-state index is -0.358. The largest absolute Gasteiger partial charge is 0.382 e. The van der Waals surface area contributed by atoms with Crippen LogP contribution in [0.5, 0.6) is 0 Å². The molecule has 0 aliphatic heterocycles. The number of nitrogens with one attached hydrogen (secondary N) is 1. The number of nitrogens with two attached hydrogens (primary N) is 1. The molecule has 0 atom stereocenters. The van der Waals surface area contributed by atoms with Crippen molar-refractivity contribution in [3.8, 4) is 11.5 Å². The molecule has 4 heterocycles. The molecule has 0 fully saturated rings. The Morgan fingerprint density at radius 1 is 1.13 bits per heavy atom. The average molecular weight is 402 g/mol. The first-order valence-corrected chi connectivity index (χ1v) is 9.10. The SMILES string of the molecule is Cc1nc2c(N)nc(-c3nn(Cc4ccccc4F)c4ncccc34)nc2[nH]c1=O. The molecule has 0 bridgehead atoms. The highest BCUT2D eigenvalue weighted by Crippen LogP contribution is 2.27. The number of aromatic nitrogens is 7. The van der Waals surface area contributed by atoms with Crippen LogP contribution >= 0.6 is 0 Å². The molecule has 148 valence electrons. The van der Waals surface area contributed by atoms with E-state index in [0.29, 0.717) is 27.8 Å². The van der Waals surface area contributed by atoms with Gasteiger partial charge in [0.25, 0.3) is 5.56 Å². The molecule has 0 saturated carbocycles. The normalized spacial score (nSPS) is 11.4.